The lowest BCUT2D eigenvalue weighted by Crippen LogP contribution is -2.30. The molecule has 1 aromatic carbocycles. The first kappa shape index (κ1) is 12.7. The van der Waals surface area contributed by atoms with Crippen LogP contribution in [0.5, 0.6) is 0 Å². The Kier molecular flexibility index (Phi) is 3.69. The van der Waals surface area contributed by atoms with E-state index in [9.17, 15) is 4.79 Å². The zero-order valence-corrected chi connectivity index (χ0v) is 11.7. The van der Waals surface area contributed by atoms with Gasteiger partial charge in [0.15, 0.2) is 0 Å². The standard InChI is InChI=1S/C15H15N3OS/c19-15(18-14-6-3-9-20-14)16-8-7-11-10-17-13-5-2-1-4-12(11)13/h1-6,9-10,17H,7-8H2,(H2,16,18,19). The molecular formula is C15H15N3OS. The Morgan fingerprint density at radius 3 is 2.95 bits per heavy atom. The summed E-state index contributed by atoms with van der Waals surface area (Å²) in [6.45, 7) is 0.610. The summed E-state index contributed by atoms with van der Waals surface area (Å²) in [5.41, 5.74) is 2.35. The van der Waals surface area contributed by atoms with Gasteiger partial charge in [-0.2, -0.15) is 0 Å². The van der Waals surface area contributed by atoms with Crippen LogP contribution in [0.3, 0.4) is 0 Å². The van der Waals surface area contributed by atoms with Crippen LogP contribution >= 0.6 is 11.3 Å². The van der Waals surface area contributed by atoms with Crippen LogP contribution in [0.25, 0.3) is 10.9 Å². The van der Waals surface area contributed by atoms with Crippen LogP contribution in [0.4, 0.5) is 9.80 Å². The van der Waals surface area contributed by atoms with Crippen LogP contribution in [0.1, 0.15) is 5.56 Å². The van der Waals surface area contributed by atoms with Gasteiger partial charge >= 0.3 is 6.03 Å². The van der Waals surface area contributed by atoms with Gasteiger partial charge < -0.3 is 10.3 Å². The molecule has 0 radical (unpaired) electrons. The molecule has 0 fully saturated rings. The van der Waals surface area contributed by atoms with E-state index in [2.05, 4.69) is 27.8 Å². The number of H-pyrrole nitrogens is 1. The number of carbonyl (C=O) groups excluding carboxylic acids is 1. The zero-order chi connectivity index (χ0) is 13.8. The van der Waals surface area contributed by atoms with Gasteiger partial charge in [-0.15, -0.1) is 11.3 Å². The minimum atomic E-state index is -0.160. The molecule has 0 atom stereocenters. The van der Waals surface area contributed by atoms with Crippen LogP contribution in [0, 0.1) is 0 Å². The average molecular weight is 285 g/mol. The molecule has 2 amide bonds. The van der Waals surface area contributed by atoms with Crippen LogP contribution in [-0.4, -0.2) is 17.6 Å². The molecule has 3 N–H and O–H groups in total. The van der Waals surface area contributed by atoms with E-state index in [1.807, 2.05) is 35.8 Å². The second kappa shape index (κ2) is 5.79. The van der Waals surface area contributed by atoms with E-state index < -0.39 is 0 Å². The Morgan fingerprint density at radius 2 is 2.10 bits per heavy atom. The van der Waals surface area contributed by atoms with Gasteiger partial charge in [0.05, 0.1) is 5.00 Å². The van der Waals surface area contributed by atoms with E-state index in [-0.39, 0.29) is 6.03 Å². The summed E-state index contributed by atoms with van der Waals surface area (Å²) in [7, 11) is 0. The molecule has 0 bridgehead atoms. The number of urea groups is 1. The number of thiophene rings is 1. The molecule has 0 unspecified atom stereocenters. The lowest BCUT2D eigenvalue weighted by atomic mass is 10.1. The van der Waals surface area contributed by atoms with Crippen molar-refractivity contribution in [2.45, 2.75) is 6.42 Å². The summed E-state index contributed by atoms with van der Waals surface area (Å²) in [5.74, 6) is 0. The van der Waals surface area contributed by atoms with Gasteiger partial charge in [-0.1, -0.05) is 18.2 Å². The Labute approximate surface area is 120 Å². The average Bonchev–Trinajstić information content (AvgIpc) is 3.09. The molecular weight excluding hydrogens is 270 g/mol. The molecule has 3 aromatic rings. The second-order valence-corrected chi connectivity index (χ2v) is 5.42. The van der Waals surface area contributed by atoms with Crippen molar-refractivity contribution < 1.29 is 4.79 Å². The number of para-hydroxylation sites is 1. The second-order valence-electron chi connectivity index (χ2n) is 4.47. The van der Waals surface area contributed by atoms with Crippen molar-refractivity contribution in [3.63, 3.8) is 0 Å². The molecule has 5 heteroatoms. The molecule has 0 aliphatic rings. The topological polar surface area (TPSA) is 56.9 Å². The molecule has 3 rings (SSSR count). The summed E-state index contributed by atoms with van der Waals surface area (Å²) in [6.07, 6.45) is 2.81. The van der Waals surface area contributed by atoms with Gasteiger partial charge in [-0.05, 0) is 35.6 Å². The van der Waals surface area contributed by atoms with E-state index in [1.165, 1.54) is 22.3 Å². The quantitative estimate of drug-likeness (QED) is 0.674. The van der Waals surface area contributed by atoms with Crippen LogP contribution < -0.4 is 10.6 Å². The minimum Gasteiger partial charge on any atom is -0.361 e. The number of rotatable bonds is 4. The number of fused-ring (bicyclic) bond motifs is 1. The van der Waals surface area contributed by atoms with Crippen molar-refractivity contribution in [1.82, 2.24) is 10.3 Å². The summed E-state index contributed by atoms with van der Waals surface area (Å²) >= 11 is 1.51. The maximum atomic E-state index is 11.7. The third-order valence-corrected chi connectivity index (χ3v) is 3.90. The molecule has 0 aliphatic carbocycles. The number of aromatic nitrogens is 1. The number of hydrogen-bond acceptors (Lipinski definition) is 2. The first-order valence-electron chi connectivity index (χ1n) is 6.46. The minimum absolute atomic E-state index is 0.160. The molecule has 0 spiro atoms. The van der Waals surface area contributed by atoms with Crippen molar-refractivity contribution in [3.8, 4) is 0 Å². The molecule has 2 aromatic heterocycles. The SMILES string of the molecule is O=C(NCCc1c[nH]c2ccccc12)Nc1cccs1. The fourth-order valence-electron chi connectivity index (χ4n) is 2.15. The Hall–Kier alpha value is -2.27. The fourth-order valence-corrected chi connectivity index (χ4v) is 2.77. The predicted molar refractivity (Wildman–Crippen MR) is 83.3 cm³/mol. The zero-order valence-electron chi connectivity index (χ0n) is 10.8. The van der Waals surface area contributed by atoms with Gasteiger partial charge in [0.1, 0.15) is 0 Å². The molecule has 2 heterocycles. The smallest absolute Gasteiger partial charge is 0.319 e. The summed E-state index contributed by atoms with van der Waals surface area (Å²) in [6, 6.07) is 11.8. The summed E-state index contributed by atoms with van der Waals surface area (Å²) < 4.78 is 0. The molecule has 102 valence electrons. The Morgan fingerprint density at radius 1 is 1.20 bits per heavy atom. The van der Waals surface area contributed by atoms with Gasteiger partial charge in [-0.3, -0.25) is 5.32 Å². The number of benzene rings is 1. The number of anilines is 1. The van der Waals surface area contributed by atoms with E-state index in [4.69, 9.17) is 0 Å². The van der Waals surface area contributed by atoms with Gasteiger partial charge in [-0.25, -0.2) is 4.79 Å². The van der Waals surface area contributed by atoms with E-state index >= 15 is 0 Å². The number of carbonyl (C=O) groups is 1. The maximum absolute atomic E-state index is 11.7. The van der Waals surface area contributed by atoms with E-state index in [0.29, 0.717) is 6.54 Å². The lowest BCUT2D eigenvalue weighted by Gasteiger charge is -2.05. The Bertz CT molecular complexity index is 703. The number of hydrogen-bond donors (Lipinski definition) is 3. The van der Waals surface area contributed by atoms with E-state index in [1.54, 1.807) is 0 Å². The maximum Gasteiger partial charge on any atom is 0.319 e. The lowest BCUT2D eigenvalue weighted by molar-refractivity contribution is 0.252. The van der Waals surface area contributed by atoms with Crippen molar-refractivity contribution in [3.05, 3.63) is 53.5 Å². The number of nitrogens with one attached hydrogen (secondary N) is 3. The first-order chi connectivity index (χ1) is 9.83. The van der Waals surface area contributed by atoms with Crippen molar-refractivity contribution >= 4 is 33.3 Å². The van der Waals surface area contributed by atoms with Crippen molar-refractivity contribution in [2.24, 2.45) is 0 Å². The first-order valence-corrected chi connectivity index (χ1v) is 7.34. The van der Waals surface area contributed by atoms with E-state index in [0.717, 1.165) is 16.9 Å². The van der Waals surface area contributed by atoms with Crippen LogP contribution in [0.2, 0.25) is 0 Å². The highest BCUT2D eigenvalue weighted by atomic mass is 32.1. The highest BCUT2D eigenvalue weighted by Gasteiger charge is 2.04. The molecule has 0 aliphatic heterocycles. The molecule has 0 saturated heterocycles. The van der Waals surface area contributed by atoms with Gasteiger partial charge in [0.2, 0.25) is 0 Å². The highest BCUT2D eigenvalue weighted by molar-refractivity contribution is 7.14. The third-order valence-electron chi connectivity index (χ3n) is 3.11. The van der Waals surface area contributed by atoms with Crippen molar-refractivity contribution in [2.75, 3.05) is 11.9 Å². The summed E-state index contributed by atoms with van der Waals surface area (Å²) in [4.78, 5) is 14.9. The normalized spacial score (nSPS) is 10.6. The van der Waals surface area contributed by atoms with Gasteiger partial charge in [0, 0.05) is 23.6 Å². The van der Waals surface area contributed by atoms with Crippen LogP contribution in [-0.2, 0) is 6.42 Å². The highest BCUT2D eigenvalue weighted by Crippen LogP contribution is 2.18. The Balaban J connectivity index is 1.53. The van der Waals surface area contributed by atoms with Crippen LogP contribution in [0.15, 0.2) is 48.0 Å². The molecule has 0 saturated carbocycles. The molecule has 20 heavy (non-hydrogen) atoms. The third kappa shape index (κ3) is 2.83. The number of amides is 2. The molecule has 4 nitrogen and oxygen atoms in total. The summed E-state index contributed by atoms with van der Waals surface area (Å²) in [5, 5.41) is 9.67. The largest absolute Gasteiger partial charge is 0.361 e. The predicted octanol–water partition coefficient (Wildman–Crippen LogP) is 3.59. The monoisotopic (exact) mass is 285 g/mol. The van der Waals surface area contributed by atoms with Gasteiger partial charge in [0.25, 0.3) is 0 Å². The fraction of sp³-hybridized carbons (Fsp3) is 0.133. The number of aromatic amines is 1. The van der Waals surface area contributed by atoms with Crippen molar-refractivity contribution in [1.29, 1.82) is 0 Å².